The molecule has 100 valence electrons. The Kier molecular flexibility index (Phi) is 4.55. The minimum atomic E-state index is -0.656. The van der Waals surface area contributed by atoms with Crippen LogP contribution < -0.4 is 4.74 Å². The van der Waals surface area contributed by atoms with Crippen LogP contribution in [0.2, 0.25) is 0 Å². The molecule has 2 aromatic rings. The highest BCUT2D eigenvalue weighted by Gasteiger charge is 2.08. The Balaban J connectivity index is 1.97. The fraction of sp³-hybridized carbons (Fsp3) is 0.250. The maximum atomic E-state index is 9.99. The lowest BCUT2D eigenvalue weighted by atomic mass is 10.1. The molecule has 0 fully saturated rings. The summed E-state index contributed by atoms with van der Waals surface area (Å²) in [5.41, 5.74) is 1.63. The molecule has 0 aliphatic rings. The fourth-order valence-corrected chi connectivity index (χ4v) is 1.81. The Morgan fingerprint density at radius 2 is 1.63 bits per heavy atom. The average molecular weight is 258 g/mol. The number of rotatable bonds is 5. The van der Waals surface area contributed by atoms with Crippen molar-refractivity contribution < 1.29 is 14.9 Å². The van der Waals surface area contributed by atoms with Crippen molar-refractivity contribution in [3.8, 4) is 5.75 Å². The van der Waals surface area contributed by atoms with Crippen molar-refractivity contribution in [2.45, 2.75) is 19.1 Å². The van der Waals surface area contributed by atoms with Crippen LogP contribution in [0.1, 0.15) is 30.3 Å². The van der Waals surface area contributed by atoms with Crippen molar-refractivity contribution >= 4 is 0 Å². The SMILES string of the molecule is C[C@@H](O)c1cccc(OCC(O)c2ccccc2)c1. The summed E-state index contributed by atoms with van der Waals surface area (Å²) in [5, 5.41) is 19.5. The summed E-state index contributed by atoms with van der Waals surface area (Å²) in [6.45, 7) is 1.89. The average Bonchev–Trinajstić information content (AvgIpc) is 2.46. The summed E-state index contributed by atoms with van der Waals surface area (Å²) in [7, 11) is 0. The molecule has 0 heterocycles. The summed E-state index contributed by atoms with van der Waals surface area (Å²) >= 11 is 0. The third-order valence-corrected chi connectivity index (χ3v) is 2.93. The molecule has 0 radical (unpaired) electrons. The highest BCUT2D eigenvalue weighted by atomic mass is 16.5. The Labute approximate surface area is 113 Å². The van der Waals surface area contributed by atoms with Gasteiger partial charge in [-0.05, 0) is 30.2 Å². The molecule has 0 aliphatic heterocycles. The van der Waals surface area contributed by atoms with Crippen molar-refractivity contribution in [1.29, 1.82) is 0 Å². The monoisotopic (exact) mass is 258 g/mol. The van der Waals surface area contributed by atoms with Crippen molar-refractivity contribution in [3.63, 3.8) is 0 Å². The highest BCUT2D eigenvalue weighted by molar-refractivity contribution is 5.29. The van der Waals surface area contributed by atoms with Crippen molar-refractivity contribution in [1.82, 2.24) is 0 Å². The molecule has 0 amide bonds. The van der Waals surface area contributed by atoms with Gasteiger partial charge in [-0.3, -0.25) is 0 Å². The summed E-state index contributed by atoms with van der Waals surface area (Å²) in [5.74, 6) is 0.647. The minimum absolute atomic E-state index is 0.188. The molecule has 3 nitrogen and oxygen atoms in total. The van der Waals surface area contributed by atoms with E-state index >= 15 is 0 Å². The van der Waals surface area contributed by atoms with Gasteiger partial charge in [0.2, 0.25) is 0 Å². The highest BCUT2D eigenvalue weighted by Crippen LogP contribution is 2.20. The summed E-state index contributed by atoms with van der Waals surface area (Å²) < 4.78 is 5.55. The number of hydrogen-bond acceptors (Lipinski definition) is 3. The van der Waals surface area contributed by atoms with Gasteiger partial charge < -0.3 is 14.9 Å². The third kappa shape index (κ3) is 3.81. The van der Waals surface area contributed by atoms with E-state index in [-0.39, 0.29) is 6.61 Å². The van der Waals surface area contributed by atoms with Gasteiger partial charge in [-0.2, -0.15) is 0 Å². The molecule has 0 saturated carbocycles. The molecule has 2 atom stereocenters. The van der Waals surface area contributed by atoms with E-state index in [1.54, 1.807) is 13.0 Å². The standard InChI is InChI=1S/C16H18O3/c1-12(17)14-8-5-9-15(10-14)19-11-16(18)13-6-3-2-4-7-13/h2-10,12,16-18H,11H2,1H3/t12-,16?/m1/s1. The van der Waals surface area contributed by atoms with Crippen LogP contribution >= 0.6 is 0 Å². The van der Waals surface area contributed by atoms with Crippen LogP contribution in [0.4, 0.5) is 0 Å². The quantitative estimate of drug-likeness (QED) is 0.867. The summed E-state index contributed by atoms with van der Waals surface area (Å²) in [6, 6.07) is 16.6. The van der Waals surface area contributed by atoms with Crippen LogP contribution in [0, 0.1) is 0 Å². The minimum Gasteiger partial charge on any atom is -0.491 e. The lowest BCUT2D eigenvalue weighted by molar-refractivity contribution is 0.108. The predicted molar refractivity (Wildman–Crippen MR) is 74.0 cm³/mol. The Hall–Kier alpha value is -1.84. The van der Waals surface area contributed by atoms with E-state index in [1.165, 1.54) is 0 Å². The topological polar surface area (TPSA) is 49.7 Å². The molecule has 3 heteroatoms. The van der Waals surface area contributed by atoms with E-state index in [1.807, 2.05) is 48.5 Å². The normalized spacial score (nSPS) is 13.8. The van der Waals surface area contributed by atoms with E-state index < -0.39 is 12.2 Å². The maximum Gasteiger partial charge on any atom is 0.119 e. The van der Waals surface area contributed by atoms with Gasteiger partial charge in [0.05, 0.1) is 6.10 Å². The van der Waals surface area contributed by atoms with Crippen molar-refractivity contribution in [2.24, 2.45) is 0 Å². The first-order chi connectivity index (χ1) is 9.16. The second-order valence-electron chi connectivity index (χ2n) is 4.49. The number of hydrogen-bond donors (Lipinski definition) is 2. The van der Waals surface area contributed by atoms with E-state index in [0.717, 1.165) is 11.1 Å². The summed E-state index contributed by atoms with van der Waals surface area (Å²) in [4.78, 5) is 0. The molecular weight excluding hydrogens is 240 g/mol. The van der Waals surface area contributed by atoms with Crippen LogP contribution in [-0.2, 0) is 0 Å². The molecule has 0 saturated heterocycles. The first kappa shape index (κ1) is 13.6. The number of ether oxygens (including phenoxy) is 1. The van der Waals surface area contributed by atoms with Crippen LogP contribution in [0.25, 0.3) is 0 Å². The Morgan fingerprint density at radius 1 is 0.947 bits per heavy atom. The van der Waals surface area contributed by atoms with E-state index in [0.29, 0.717) is 5.75 Å². The molecule has 0 aliphatic carbocycles. The van der Waals surface area contributed by atoms with Crippen LogP contribution in [0.3, 0.4) is 0 Å². The van der Waals surface area contributed by atoms with E-state index in [2.05, 4.69) is 0 Å². The molecule has 2 rings (SSSR count). The van der Waals surface area contributed by atoms with Crippen LogP contribution in [-0.4, -0.2) is 16.8 Å². The Bertz CT molecular complexity index is 508. The molecule has 0 spiro atoms. The first-order valence-electron chi connectivity index (χ1n) is 6.30. The van der Waals surface area contributed by atoms with Gasteiger partial charge in [-0.1, -0.05) is 42.5 Å². The van der Waals surface area contributed by atoms with Gasteiger partial charge in [-0.25, -0.2) is 0 Å². The maximum absolute atomic E-state index is 9.99. The fourth-order valence-electron chi connectivity index (χ4n) is 1.81. The zero-order valence-corrected chi connectivity index (χ0v) is 10.9. The second-order valence-corrected chi connectivity index (χ2v) is 4.49. The lowest BCUT2D eigenvalue weighted by Gasteiger charge is -2.13. The number of benzene rings is 2. The zero-order valence-electron chi connectivity index (χ0n) is 10.9. The van der Waals surface area contributed by atoms with Crippen LogP contribution in [0.5, 0.6) is 5.75 Å². The second kappa shape index (κ2) is 6.36. The van der Waals surface area contributed by atoms with E-state index in [9.17, 15) is 10.2 Å². The third-order valence-electron chi connectivity index (χ3n) is 2.93. The first-order valence-corrected chi connectivity index (χ1v) is 6.30. The molecule has 2 aromatic carbocycles. The van der Waals surface area contributed by atoms with Gasteiger partial charge in [0.15, 0.2) is 0 Å². The number of aliphatic hydroxyl groups is 2. The summed E-state index contributed by atoms with van der Waals surface area (Å²) in [6.07, 6.45) is -1.18. The molecular formula is C16H18O3. The van der Waals surface area contributed by atoms with Crippen molar-refractivity contribution in [2.75, 3.05) is 6.61 Å². The van der Waals surface area contributed by atoms with Gasteiger partial charge in [0.25, 0.3) is 0 Å². The number of aliphatic hydroxyl groups excluding tert-OH is 2. The smallest absolute Gasteiger partial charge is 0.119 e. The molecule has 1 unspecified atom stereocenters. The molecule has 0 bridgehead atoms. The van der Waals surface area contributed by atoms with Gasteiger partial charge in [-0.15, -0.1) is 0 Å². The molecule has 0 aromatic heterocycles. The lowest BCUT2D eigenvalue weighted by Crippen LogP contribution is -2.09. The van der Waals surface area contributed by atoms with Crippen molar-refractivity contribution in [3.05, 3.63) is 65.7 Å². The van der Waals surface area contributed by atoms with Gasteiger partial charge in [0, 0.05) is 0 Å². The van der Waals surface area contributed by atoms with Gasteiger partial charge >= 0.3 is 0 Å². The van der Waals surface area contributed by atoms with E-state index in [4.69, 9.17) is 4.74 Å². The largest absolute Gasteiger partial charge is 0.491 e. The predicted octanol–water partition coefficient (Wildman–Crippen LogP) is 2.85. The van der Waals surface area contributed by atoms with Gasteiger partial charge in [0.1, 0.15) is 18.5 Å². The Morgan fingerprint density at radius 3 is 2.32 bits per heavy atom. The molecule has 2 N–H and O–H groups in total. The zero-order chi connectivity index (χ0) is 13.7. The van der Waals surface area contributed by atoms with Crippen LogP contribution in [0.15, 0.2) is 54.6 Å². The molecule has 19 heavy (non-hydrogen) atoms.